The van der Waals surface area contributed by atoms with E-state index in [1.807, 2.05) is 18.2 Å². The Morgan fingerprint density at radius 3 is 2.67 bits per heavy atom. The van der Waals surface area contributed by atoms with E-state index >= 15 is 0 Å². The largest absolute Gasteiger partial charge is 0.507 e. The van der Waals surface area contributed by atoms with Gasteiger partial charge in [-0.05, 0) is 35.9 Å². The quantitative estimate of drug-likeness (QED) is 0.801. The number of fused-ring (bicyclic) bond motifs is 1. The number of phenols is 1. The van der Waals surface area contributed by atoms with E-state index in [0.29, 0.717) is 5.56 Å². The Hall–Kier alpha value is -1.35. The Kier molecular flexibility index (Phi) is 2.49. The van der Waals surface area contributed by atoms with E-state index in [4.69, 9.17) is 0 Å². The average molecular weight is 265 g/mol. The van der Waals surface area contributed by atoms with Crippen LogP contribution in [0, 0.1) is 0 Å². The highest BCUT2D eigenvalue weighted by atomic mass is 79.9. The number of phenolic OH excluding ortho intramolecular Hbond substituents is 1. The van der Waals surface area contributed by atoms with Crippen LogP contribution in [-0.4, -0.2) is 10.9 Å². The van der Waals surface area contributed by atoms with Crippen molar-refractivity contribution in [1.29, 1.82) is 0 Å². The summed E-state index contributed by atoms with van der Waals surface area (Å²) in [4.78, 5) is 11.4. The molecule has 0 amide bonds. The molecule has 0 aliphatic heterocycles. The summed E-state index contributed by atoms with van der Waals surface area (Å²) in [6.45, 7) is 1.45. The molecule has 2 rings (SSSR count). The Morgan fingerprint density at radius 2 is 2.00 bits per heavy atom. The van der Waals surface area contributed by atoms with Crippen LogP contribution in [0.5, 0.6) is 5.75 Å². The van der Waals surface area contributed by atoms with Gasteiger partial charge in [0.15, 0.2) is 5.78 Å². The number of carbonyl (C=O) groups is 1. The molecule has 0 aromatic heterocycles. The van der Waals surface area contributed by atoms with Crippen molar-refractivity contribution < 1.29 is 9.90 Å². The molecular formula is C12H9BrO2. The first kappa shape index (κ1) is 10.2. The van der Waals surface area contributed by atoms with Crippen molar-refractivity contribution in [3.8, 4) is 5.75 Å². The molecule has 0 bridgehead atoms. The summed E-state index contributed by atoms with van der Waals surface area (Å²) in [5.74, 6) is -0.0854. The molecular weight excluding hydrogens is 256 g/mol. The number of ketones is 1. The van der Waals surface area contributed by atoms with Gasteiger partial charge in [0.05, 0.1) is 5.56 Å². The second-order valence-electron chi connectivity index (χ2n) is 3.38. The number of rotatable bonds is 1. The zero-order valence-corrected chi connectivity index (χ0v) is 9.71. The number of hydrogen-bond acceptors (Lipinski definition) is 2. The Morgan fingerprint density at radius 1 is 1.27 bits per heavy atom. The van der Waals surface area contributed by atoms with Crippen LogP contribution in [0.4, 0.5) is 0 Å². The Bertz CT molecular complexity index is 547. The van der Waals surface area contributed by atoms with E-state index in [0.717, 1.165) is 15.2 Å². The van der Waals surface area contributed by atoms with Gasteiger partial charge >= 0.3 is 0 Å². The van der Waals surface area contributed by atoms with Gasteiger partial charge in [0, 0.05) is 4.47 Å². The smallest absolute Gasteiger partial charge is 0.164 e. The van der Waals surface area contributed by atoms with Crippen molar-refractivity contribution in [3.63, 3.8) is 0 Å². The molecule has 0 heterocycles. The van der Waals surface area contributed by atoms with E-state index in [2.05, 4.69) is 15.9 Å². The second-order valence-corrected chi connectivity index (χ2v) is 4.30. The van der Waals surface area contributed by atoms with Crippen molar-refractivity contribution in [2.45, 2.75) is 6.92 Å². The van der Waals surface area contributed by atoms with Gasteiger partial charge in [0.25, 0.3) is 0 Å². The molecule has 0 aliphatic rings. The van der Waals surface area contributed by atoms with E-state index in [1.54, 1.807) is 12.1 Å². The topological polar surface area (TPSA) is 37.3 Å². The highest BCUT2D eigenvalue weighted by molar-refractivity contribution is 9.10. The first-order valence-electron chi connectivity index (χ1n) is 4.52. The molecule has 0 saturated carbocycles. The molecule has 3 heteroatoms. The van der Waals surface area contributed by atoms with E-state index < -0.39 is 0 Å². The van der Waals surface area contributed by atoms with Gasteiger partial charge in [-0.25, -0.2) is 0 Å². The fourth-order valence-electron chi connectivity index (χ4n) is 1.66. The summed E-state index contributed by atoms with van der Waals surface area (Å²) in [6, 6.07) is 8.94. The number of hydrogen-bond donors (Lipinski definition) is 1. The van der Waals surface area contributed by atoms with Crippen molar-refractivity contribution >= 4 is 32.5 Å². The van der Waals surface area contributed by atoms with Gasteiger partial charge in [-0.15, -0.1) is 0 Å². The minimum absolute atomic E-state index is 0.0392. The van der Waals surface area contributed by atoms with Crippen LogP contribution in [0.1, 0.15) is 17.3 Å². The van der Waals surface area contributed by atoms with Crippen LogP contribution in [0.15, 0.2) is 34.8 Å². The van der Waals surface area contributed by atoms with Crippen molar-refractivity contribution in [3.05, 3.63) is 40.4 Å². The molecule has 0 unspecified atom stereocenters. The van der Waals surface area contributed by atoms with E-state index in [1.165, 1.54) is 6.92 Å². The normalized spacial score (nSPS) is 10.5. The summed E-state index contributed by atoms with van der Waals surface area (Å²) < 4.78 is 0.954. The summed E-state index contributed by atoms with van der Waals surface area (Å²) in [6.07, 6.45) is 0. The minimum Gasteiger partial charge on any atom is -0.507 e. The lowest BCUT2D eigenvalue weighted by atomic mass is 10.0. The van der Waals surface area contributed by atoms with Gasteiger partial charge in [-0.1, -0.05) is 28.1 Å². The highest BCUT2D eigenvalue weighted by Gasteiger charge is 2.10. The molecule has 0 aliphatic carbocycles. The van der Waals surface area contributed by atoms with Gasteiger partial charge in [-0.3, -0.25) is 4.79 Å². The maximum Gasteiger partial charge on any atom is 0.164 e. The predicted molar refractivity (Wildman–Crippen MR) is 63.3 cm³/mol. The molecule has 76 valence electrons. The molecule has 0 spiro atoms. The third kappa shape index (κ3) is 1.75. The monoisotopic (exact) mass is 264 g/mol. The van der Waals surface area contributed by atoms with Gasteiger partial charge in [0.1, 0.15) is 5.75 Å². The van der Waals surface area contributed by atoms with Crippen molar-refractivity contribution in [2.75, 3.05) is 0 Å². The zero-order chi connectivity index (χ0) is 11.0. The third-order valence-electron chi connectivity index (χ3n) is 2.31. The minimum atomic E-state index is -0.125. The number of aromatic hydroxyl groups is 1. The van der Waals surface area contributed by atoms with Crippen LogP contribution >= 0.6 is 15.9 Å². The molecule has 2 aromatic rings. The molecule has 1 N–H and O–H groups in total. The van der Waals surface area contributed by atoms with Crippen LogP contribution in [0.3, 0.4) is 0 Å². The molecule has 2 nitrogen and oxygen atoms in total. The SMILES string of the molecule is CC(=O)c1c(O)ccc2cc(Br)ccc12. The van der Waals surface area contributed by atoms with E-state index in [9.17, 15) is 9.90 Å². The fourth-order valence-corrected chi connectivity index (χ4v) is 2.04. The molecule has 2 aromatic carbocycles. The maximum atomic E-state index is 11.4. The van der Waals surface area contributed by atoms with Gasteiger partial charge in [-0.2, -0.15) is 0 Å². The number of halogens is 1. The number of Topliss-reactive ketones (excluding diaryl/α,β-unsaturated/α-hetero) is 1. The lowest BCUT2D eigenvalue weighted by Crippen LogP contribution is -1.94. The molecule has 0 saturated heterocycles. The standard InChI is InChI=1S/C12H9BrO2/c1-7(14)12-10-4-3-9(13)6-8(10)2-5-11(12)15/h2-6,15H,1H3. The van der Waals surface area contributed by atoms with Crippen LogP contribution in [0.25, 0.3) is 10.8 Å². The zero-order valence-electron chi connectivity index (χ0n) is 8.12. The number of carbonyl (C=O) groups excluding carboxylic acids is 1. The lowest BCUT2D eigenvalue weighted by molar-refractivity contribution is 0.101. The van der Waals surface area contributed by atoms with Crippen LogP contribution in [0.2, 0.25) is 0 Å². The molecule has 15 heavy (non-hydrogen) atoms. The molecule has 0 radical (unpaired) electrons. The predicted octanol–water partition coefficient (Wildman–Crippen LogP) is 3.51. The maximum absolute atomic E-state index is 11.4. The van der Waals surface area contributed by atoms with Crippen LogP contribution in [-0.2, 0) is 0 Å². The van der Waals surface area contributed by atoms with Crippen molar-refractivity contribution in [1.82, 2.24) is 0 Å². The lowest BCUT2D eigenvalue weighted by Gasteiger charge is -2.06. The number of benzene rings is 2. The summed E-state index contributed by atoms with van der Waals surface area (Å²) in [5, 5.41) is 11.3. The molecule has 0 atom stereocenters. The Balaban J connectivity index is 2.88. The second kappa shape index (κ2) is 3.66. The van der Waals surface area contributed by atoms with Gasteiger partial charge in [0.2, 0.25) is 0 Å². The first-order valence-corrected chi connectivity index (χ1v) is 5.31. The highest BCUT2D eigenvalue weighted by Crippen LogP contribution is 2.29. The summed E-state index contributed by atoms with van der Waals surface area (Å²) >= 11 is 3.37. The Labute approximate surface area is 95.7 Å². The van der Waals surface area contributed by atoms with Crippen LogP contribution < -0.4 is 0 Å². The average Bonchev–Trinajstić information content (AvgIpc) is 2.17. The first-order chi connectivity index (χ1) is 7.09. The molecule has 0 fully saturated rings. The third-order valence-corrected chi connectivity index (χ3v) is 2.81. The van der Waals surface area contributed by atoms with E-state index in [-0.39, 0.29) is 11.5 Å². The van der Waals surface area contributed by atoms with Crippen molar-refractivity contribution in [2.24, 2.45) is 0 Å². The van der Waals surface area contributed by atoms with Gasteiger partial charge < -0.3 is 5.11 Å². The summed E-state index contributed by atoms with van der Waals surface area (Å²) in [5.41, 5.74) is 0.389. The fraction of sp³-hybridized carbons (Fsp3) is 0.0833. The summed E-state index contributed by atoms with van der Waals surface area (Å²) in [7, 11) is 0.